The van der Waals surface area contributed by atoms with Crippen LogP contribution in [0.3, 0.4) is 0 Å². The monoisotopic (exact) mass is 217 g/mol. The Kier molecular flexibility index (Phi) is 5.16. The third-order valence-electron chi connectivity index (χ3n) is 1.32. The van der Waals surface area contributed by atoms with Gasteiger partial charge in [-0.25, -0.2) is 0 Å². The number of carboxylic acid groups (broad SMARTS) is 1. The van der Waals surface area contributed by atoms with Gasteiger partial charge < -0.3 is 10.4 Å². The van der Waals surface area contributed by atoms with Crippen LogP contribution in [0.25, 0.3) is 0 Å². The second-order valence-electron chi connectivity index (χ2n) is 2.26. The highest BCUT2D eigenvalue weighted by molar-refractivity contribution is 8.00. The highest BCUT2D eigenvalue weighted by Crippen LogP contribution is 2.30. The molecule has 7 heteroatoms. The van der Waals surface area contributed by atoms with Gasteiger partial charge in [0.05, 0.1) is 0 Å². The summed E-state index contributed by atoms with van der Waals surface area (Å²) in [6.07, 6.45) is -0.0456. The average Bonchev–Trinajstić information content (AvgIpc) is 1.95. The molecular formula is C6H10F3NO2S. The van der Waals surface area contributed by atoms with Crippen molar-refractivity contribution in [3.63, 3.8) is 0 Å². The SMILES string of the molecule is CN[C@@H](CCSC(F)(F)F)C(=O)O. The number of carbonyl (C=O) groups is 1. The Bertz CT molecular complexity index is 174. The predicted octanol–water partition coefficient (Wildman–Crippen LogP) is 1.30. The van der Waals surface area contributed by atoms with Crippen LogP contribution in [0.5, 0.6) is 0 Å². The fourth-order valence-electron chi connectivity index (χ4n) is 0.684. The molecule has 1 atom stereocenters. The Balaban J connectivity index is 3.68. The molecule has 0 aromatic carbocycles. The van der Waals surface area contributed by atoms with E-state index in [1.807, 2.05) is 0 Å². The van der Waals surface area contributed by atoms with Crippen LogP contribution in [0.4, 0.5) is 13.2 Å². The second-order valence-corrected chi connectivity index (χ2v) is 3.42. The fourth-order valence-corrected chi connectivity index (χ4v) is 1.27. The summed E-state index contributed by atoms with van der Waals surface area (Å²) in [6, 6.07) is -0.908. The van der Waals surface area contributed by atoms with Crippen LogP contribution in [-0.2, 0) is 4.79 Å². The van der Waals surface area contributed by atoms with E-state index < -0.39 is 17.5 Å². The van der Waals surface area contributed by atoms with Crippen LogP contribution in [0, 0.1) is 0 Å². The number of halogens is 3. The van der Waals surface area contributed by atoms with Crippen LogP contribution >= 0.6 is 11.8 Å². The van der Waals surface area contributed by atoms with Gasteiger partial charge in [0.1, 0.15) is 6.04 Å². The van der Waals surface area contributed by atoms with Crippen molar-refractivity contribution in [1.29, 1.82) is 0 Å². The van der Waals surface area contributed by atoms with Crippen molar-refractivity contribution in [2.24, 2.45) is 0 Å². The fraction of sp³-hybridized carbons (Fsp3) is 0.833. The minimum atomic E-state index is -4.28. The van der Waals surface area contributed by atoms with Gasteiger partial charge in [-0.2, -0.15) is 13.2 Å². The highest BCUT2D eigenvalue weighted by Gasteiger charge is 2.28. The van der Waals surface area contributed by atoms with Crippen molar-refractivity contribution in [2.45, 2.75) is 18.0 Å². The summed E-state index contributed by atoms with van der Waals surface area (Å²) in [5, 5.41) is 10.9. The number of hydrogen-bond acceptors (Lipinski definition) is 3. The molecule has 0 saturated heterocycles. The summed E-state index contributed by atoms with van der Waals surface area (Å²) in [6.45, 7) is 0. The molecular weight excluding hydrogens is 207 g/mol. The Morgan fingerprint density at radius 2 is 2.15 bits per heavy atom. The maximum Gasteiger partial charge on any atom is 0.441 e. The van der Waals surface area contributed by atoms with Crippen LogP contribution in [0.2, 0.25) is 0 Å². The maximum absolute atomic E-state index is 11.6. The summed E-state index contributed by atoms with van der Waals surface area (Å²) in [7, 11) is 1.40. The molecule has 0 aromatic rings. The van der Waals surface area contributed by atoms with Gasteiger partial charge >= 0.3 is 11.5 Å². The Labute approximate surface area is 77.7 Å². The number of likely N-dealkylation sites (N-methyl/N-ethyl adjacent to an activating group) is 1. The maximum atomic E-state index is 11.6. The van der Waals surface area contributed by atoms with Crippen LogP contribution in [0.1, 0.15) is 6.42 Å². The molecule has 0 aliphatic carbocycles. The number of aliphatic carboxylic acids is 1. The molecule has 0 heterocycles. The predicted molar refractivity (Wildman–Crippen MR) is 43.6 cm³/mol. The molecule has 0 aliphatic heterocycles. The molecule has 3 nitrogen and oxygen atoms in total. The van der Waals surface area contributed by atoms with E-state index in [0.29, 0.717) is 0 Å². The van der Waals surface area contributed by atoms with Crippen molar-refractivity contribution in [2.75, 3.05) is 12.8 Å². The molecule has 0 aromatic heterocycles. The number of rotatable bonds is 5. The Hall–Kier alpha value is -0.430. The normalized spacial score (nSPS) is 14.2. The summed E-state index contributed by atoms with van der Waals surface area (Å²) in [4.78, 5) is 10.3. The van der Waals surface area contributed by atoms with E-state index in [4.69, 9.17) is 5.11 Å². The van der Waals surface area contributed by atoms with E-state index in [2.05, 4.69) is 5.32 Å². The molecule has 0 unspecified atom stereocenters. The van der Waals surface area contributed by atoms with Crippen molar-refractivity contribution < 1.29 is 23.1 Å². The molecule has 78 valence electrons. The van der Waals surface area contributed by atoms with Gasteiger partial charge in [-0.3, -0.25) is 4.79 Å². The van der Waals surface area contributed by atoms with Gasteiger partial charge in [0, 0.05) is 5.75 Å². The molecule has 0 saturated carbocycles. The highest BCUT2D eigenvalue weighted by atomic mass is 32.2. The van der Waals surface area contributed by atoms with E-state index in [9.17, 15) is 18.0 Å². The number of thioether (sulfide) groups is 1. The first-order chi connectivity index (χ1) is 5.87. The Morgan fingerprint density at radius 1 is 1.62 bits per heavy atom. The minimum Gasteiger partial charge on any atom is -0.480 e. The summed E-state index contributed by atoms with van der Waals surface area (Å²) in [5.74, 6) is -1.38. The molecule has 13 heavy (non-hydrogen) atoms. The van der Waals surface area contributed by atoms with Gasteiger partial charge in [0.2, 0.25) is 0 Å². The summed E-state index contributed by atoms with van der Waals surface area (Å²) < 4.78 is 34.8. The van der Waals surface area contributed by atoms with E-state index in [1.54, 1.807) is 0 Å². The zero-order valence-electron chi connectivity index (χ0n) is 6.89. The van der Waals surface area contributed by atoms with Crippen molar-refractivity contribution >= 4 is 17.7 Å². The van der Waals surface area contributed by atoms with E-state index >= 15 is 0 Å². The standard InChI is InChI=1S/C6H10F3NO2S/c1-10-4(5(11)12)2-3-13-6(7,8)9/h4,10H,2-3H2,1H3,(H,11,12)/t4-/m0/s1. The van der Waals surface area contributed by atoms with Crippen LogP contribution in [0.15, 0.2) is 0 Å². The van der Waals surface area contributed by atoms with Crippen molar-refractivity contribution in [3.8, 4) is 0 Å². The number of nitrogens with one attached hydrogen (secondary N) is 1. The third kappa shape index (κ3) is 6.71. The lowest BCUT2D eigenvalue weighted by atomic mass is 10.2. The van der Waals surface area contributed by atoms with E-state index in [0.717, 1.165) is 0 Å². The topological polar surface area (TPSA) is 49.3 Å². The van der Waals surface area contributed by atoms with Gasteiger partial charge in [0.15, 0.2) is 0 Å². The first-order valence-corrected chi connectivity index (χ1v) is 4.46. The molecule has 0 aliphatic rings. The molecule has 0 spiro atoms. The minimum absolute atomic E-state index is 0.0456. The smallest absolute Gasteiger partial charge is 0.441 e. The Morgan fingerprint density at radius 3 is 2.46 bits per heavy atom. The van der Waals surface area contributed by atoms with Crippen LogP contribution in [-0.4, -0.2) is 35.4 Å². The molecule has 2 N–H and O–H groups in total. The number of alkyl halides is 3. The van der Waals surface area contributed by atoms with Gasteiger partial charge in [0.25, 0.3) is 0 Å². The number of carboxylic acids is 1. The van der Waals surface area contributed by atoms with Crippen molar-refractivity contribution in [3.05, 3.63) is 0 Å². The third-order valence-corrected chi connectivity index (χ3v) is 2.09. The largest absolute Gasteiger partial charge is 0.480 e. The molecule has 0 radical (unpaired) electrons. The van der Waals surface area contributed by atoms with Gasteiger partial charge in [-0.05, 0) is 13.5 Å². The van der Waals surface area contributed by atoms with Gasteiger partial charge in [-0.1, -0.05) is 11.8 Å². The lowest BCUT2D eigenvalue weighted by Gasteiger charge is -2.11. The van der Waals surface area contributed by atoms with Crippen molar-refractivity contribution in [1.82, 2.24) is 5.32 Å². The lowest BCUT2D eigenvalue weighted by Crippen LogP contribution is -2.34. The quantitative estimate of drug-likeness (QED) is 0.728. The van der Waals surface area contributed by atoms with Crippen LogP contribution < -0.4 is 5.32 Å². The van der Waals surface area contributed by atoms with Gasteiger partial charge in [-0.15, -0.1) is 0 Å². The second kappa shape index (κ2) is 5.33. The zero-order chi connectivity index (χ0) is 10.5. The molecule has 0 amide bonds. The zero-order valence-corrected chi connectivity index (χ0v) is 7.71. The molecule has 0 fully saturated rings. The summed E-state index contributed by atoms with van der Waals surface area (Å²) in [5.41, 5.74) is -4.28. The van der Waals surface area contributed by atoms with E-state index in [-0.39, 0.29) is 23.9 Å². The molecule has 0 bridgehead atoms. The average molecular weight is 217 g/mol. The van der Waals surface area contributed by atoms with E-state index in [1.165, 1.54) is 7.05 Å². The number of hydrogen-bond donors (Lipinski definition) is 2. The first kappa shape index (κ1) is 12.6. The lowest BCUT2D eigenvalue weighted by molar-refractivity contribution is -0.139. The first-order valence-electron chi connectivity index (χ1n) is 3.47. The molecule has 0 rings (SSSR count). The summed E-state index contributed by atoms with van der Waals surface area (Å²) >= 11 is -0.209.